The number of anilines is 1. The Bertz CT molecular complexity index is 579. The van der Waals surface area contributed by atoms with Crippen molar-refractivity contribution in [2.24, 2.45) is 0 Å². The van der Waals surface area contributed by atoms with Gasteiger partial charge >= 0.3 is 0 Å². The van der Waals surface area contributed by atoms with E-state index in [1.54, 1.807) is 17.4 Å². The highest BCUT2D eigenvalue weighted by Crippen LogP contribution is 2.26. The number of thiazole rings is 1. The quantitative estimate of drug-likeness (QED) is 0.885. The zero-order chi connectivity index (χ0) is 13.1. The topological polar surface area (TPSA) is 51.2 Å². The van der Waals surface area contributed by atoms with Crippen molar-refractivity contribution in [3.05, 3.63) is 39.0 Å². The molecule has 3 rings (SSSR count). The summed E-state index contributed by atoms with van der Waals surface area (Å²) in [4.78, 5) is 18.3. The number of fused-ring (bicyclic) bond motifs is 1. The highest BCUT2D eigenvalue weighted by Gasteiger charge is 2.16. The number of thiophene rings is 1. The first-order valence-corrected chi connectivity index (χ1v) is 7.60. The average molecular weight is 292 g/mol. The van der Waals surface area contributed by atoms with Crippen molar-refractivity contribution >= 4 is 39.8 Å². The molecule has 19 heavy (non-hydrogen) atoms. The monoisotopic (exact) mass is 292 g/mol. The highest BCUT2D eigenvalue weighted by atomic mass is 32.1. The van der Waals surface area contributed by atoms with Gasteiger partial charge < -0.3 is 4.74 Å². The predicted molar refractivity (Wildman–Crippen MR) is 77.5 cm³/mol. The number of aromatic nitrogens is 1. The summed E-state index contributed by atoms with van der Waals surface area (Å²) in [5.74, 6) is -0.152. The van der Waals surface area contributed by atoms with E-state index in [4.69, 9.17) is 4.74 Å². The number of ether oxygens (including phenoxy) is 1. The summed E-state index contributed by atoms with van der Waals surface area (Å²) in [6.07, 6.45) is 4.16. The molecule has 2 aromatic heterocycles. The van der Waals surface area contributed by atoms with E-state index in [0.717, 1.165) is 21.9 Å². The number of rotatable bonds is 3. The van der Waals surface area contributed by atoms with Crippen LogP contribution >= 0.6 is 22.7 Å². The Balaban J connectivity index is 1.64. The van der Waals surface area contributed by atoms with Gasteiger partial charge in [-0.1, -0.05) is 17.4 Å². The maximum Gasteiger partial charge on any atom is 0.250 e. The van der Waals surface area contributed by atoms with Crippen LogP contribution in [0.15, 0.2) is 23.6 Å². The fourth-order valence-electron chi connectivity index (χ4n) is 1.77. The van der Waals surface area contributed by atoms with Crippen molar-refractivity contribution in [3.8, 4) is 0 Å². The van der Waals surface area contributed by atoms with E-state index in [1.165, 1.54) is 17.4 Å². The van der Waals surface area contributed by atoms with E-state index in [-0.39, 0.29) is 5.91 Å². The van der Waals surface area contributed by atoms with Crippen molar-refractivity contribution < 1.29 is 9.53 Å². The van der Waals surface area contributed by atoms with Crippen molar-refractivity contribution in [3.63, 3.8) is 0 Å². The van der Waals surface area contributed by atoms with Crippen LogP contribution in [0.25, 0.3) is 6.08 Å². The Morgan fingerprint density at radius 3 is 3.26 bits per heavy atom. The van der Waals surface area contributed by atoms with Crippen LogP contribution in [0, 0.1) is 0 Å². The van der Waals surface area contributed by atoms with Crippen LogP contribution in [0.1, 0.15) is 15.4 Å². The van der Waals surface area contributed by atoms with E-state index >= 15 is 0 Å². The largest absolute Gasteiger partial charge is 0.375 e. The van der Waals surface area contributed by atoms with Gasteiger partial charge in [-0.15, -0.1) is 11.3 Å². The van der Waals surface area contributed by atoms with Gasteiger partial charge in [0, 0.05) is 17.4 Å². The smallest absolute Gasteiger partial charge is 0.250 e. The molecule has 98 valence electrons. The van der Waals surface area contributed by atoms with Crippen molar-refractivity contribution in [1.82, 2.24) is 4.98 Å². The minimum atomic E-state index is -0.152. The SMILES string of the molecule is O=C(/C=C/c1cccs1)Nc1nc2c(s1)COCC2. The number of hydrogen-bond donors (Lipinski definition) is 1. The summed E-state index contributed by atoms with van der Waals surface area (Å²) in [6, 6.07) is 3.92. The molecular formula is C13H12N2O2S2. The van der Waals surface area contributed by atoms with E-state index < -0.39 is 0 Å². The van der Waals surface area contributed by atoms with E-state index in [2.05, 4.69) is 10.3 Å². The molecule has 0 fully saturated rings. The summed E-state index contributed by atoms with van der Waals surface area (Å²) in [6.45, 7) is 1.32. The fourth-order valence-corrected chi connectivity index (χ4v) is 3.34. The molecule has 1 amide bonds. The molecule has 3 heterocycles. The molecule has 0 radical (unpaired) electrons. The Morgan fingerprint density at radius 2 is 2.47 bits per heavy atom. The summed E-state index contributed by atoms with van der Waals surface area (Å²) in [7, 11) is 0. The lowest BCUT2D eigenvalue weighted by atomic mass is 10.2. The Morgan fingerprint density at radius 1 is 1.53 bits per heavy atom. The molecule has 0 unspecified atom stereocenters. The number of amides is 1. The number of hydrogen-bond acceptors (Lipinski definition) is 5. The number of carbonyl (C=O) groups is 1. The van der Waals surface area contributed by atoms with Crippen molar-refractivity contribution in [1.29, 1.82) is 0 Å². The van der Waals surface area contributed by atoms with Crippen LogP contribution in [0.3, 0.4) is 0 Å². The van der Waals surface area contributed by atoms with Crippen LogP contribution in [-0.4, -0.2) is 17.5 Å². The van der Waals surface area contributed by atoms with Gasteiger partial charge in [-0.2, -0.15) is 0 Å². The summed E-state index contributed by atoms with van der Waals surface area (Å²) in [5, 5.41) is 5.42. The van der Waals surface area contributed by atoms with Gasteiger partial charge in [0.1, 0.15) is 0 Å². The predicted octanol–water partition coefficient (Wildman–Crippen LogP) is 2.93. The minimum Gasteiger partial charge on any atom is -0.375 e. The van der Waals surface area contributed by atoms with Crippen LogP contribution in [0.4, 0.5) is 5.13 Å². The Hall–Kier alpha value is -1.50. The Kier molecular flexibility index (Phi) is 3.72. The first-order chi connectivity index (χ1) is 9.31. The third kappa shape index (κ3) is 3.09. The van der Waals surface area contributed by atoms with E-state index in [0.29, 0.717) is 18.3 Å². The molecule has 4 nitrogen and oxygen atoms in total. The molecule has 0 saturated carbocycles. The summed E-state index contributed by atoms with van der Waals surface area (Å²) in [5.41, 5.74) is 1.05. The molecule has 0 saturated heterocycles. The second kappa shape index (κ2) is 5.64. The van der Waals surface area contributed by atoms with E-state index in [1.807, 2.05) is 17.5 Å². The van der Waals surface area contributed by atoms with Crippen LogP contribution < -0.4 is 5.32 Å². The minimum absolute atomic E-state index is 0.152. The second-order valence-corrected chi connectivity index (χ2v) is 6.09. The maximum absolute atomic E-state index is 11.8. The van der Waals surface area contributed by atoms with Gasteiger partial charge in [0.05, 0.1) is 23.8 Å². The molecule has 1 aliphatic heterocycles. The molecule has 0 aromatic carbocycles. The second-order valence-electron chi connectivity index (χ2n) is 4.03. The number of nitrogens with one attached hydrogen (secondary N) is 1. The van der Waals surface area contributed by atoms with E-state index in [9.17, 15) is 4.79 Å². The van der Waals surface area contributed by atoms with Crippen LogP contribution in [-0.2, 0) is 22.6 Å². The average Bonchev–Trinajstić information content (AvgIpc) is 3.04. The third-order valence-corrected chi connectivity index (χ3v) is 4.49. The number of nitrogens with zero attached hydrogens (tertiary/aromatic N) is 1. The summed E-state index contributed by atoms with van der Waals surface area (Å²) < 4.78 is 5.36. The zero-order valence-electron chi connectivity index (χ0n) is 10.1. The lowest BCUT2D eigenvalue weighted by Gasteiger charge is -2.08. The molecule has 1 N–H and O–H groups in total. The van der Waals surface area contributed by atoms with Crippen LogP contribution in [0.2, 0.25) is 0 Å². The van der Waals surface area contributed by atoms with Gasteiger partial charge in [0.25, 0.3) is 0 Å². The zero-order valence-corrected chi connectivity index (χ0v) is 11.7. The lowest BCUT2D eigenvalue weighted by Crippen LogP contribution is -2.08. The Labute approximate surface area is 118 Å². The van der Waals surface area contributed by atoms with Gasteiger partial charge in [-0.05, 0) is 17.5 Å². The molecule has 0 aliphatic carbocycles. The molecule has 6 heteroatoms. The molecule has 0 spiro atoms. The molecule has 0 bridgehead atoms. The molecule has 0 atom stereocenters. The molecular weight excluding hydrogens is 280 g/mol. The lowest BCUT2D eigenvalue weighted by molar-refractivity contribution is -0.111. The third-order valence-electron chi connectivity index (χ3n) is 2.67. The van der Waals surface area contributed by atoms with Gasteiger partial charge in [0.2, 0.25) is 5.91 Å². The standard InChI is InChI=1S/C13H12N2O2S2/c16-12(4-3-9-2-1-7-18-9)15-13-14-10-5-6-17-8-11(10)19-13/h1-4,7H,5-6,8H2,(H,14,15,16)/b4-3+. The highest BCUT2D eigenvalue weighted by molar-refractivity contribution is 7.15. The van der Waals surface area contributed by atoms with Gasteiger partial charge in [0.15, 0.2) is 5.13 Å². The van der Waals surface area contributed by atoms with Crippen molar-refractivity contribution in [2.75, 3.05) is 11.9 Å². The summed E-state index contributed by atoms with van der Waals surface area (Å²) >= 11 is 3.08. The molecule has 2 aromatic rings. The fraction of sp³-hybridized carbons (Fsp3) is 0.231. The maximum atomic E-state index is 11.8. The van der Waals surface area contributed by atoms with Gasteiger partial charge in [-0.3, -0.25) is 10.1 Å². The van der Waals surface area contributed by atoms with Gasteiger partial charge in [-0.25, -0.2) is 4.98 Å². The first-order valence-electron chi connectivity index (χ1n) is 5.90. The number of carbonyl (C=O) groups excluding carboxylic acids is 1. The normalized spacial score (nSPS) is 14.5. The van der Waals surface area contributed by atoms with Crippen LogP contribution in [0.5, 0.6) is 0 Å². The van der Waals surface area contributed by atoms with Crippen molar-refractivity contribution in [2.45, 2.75) is 13.0 Å². The first kappa shape index (κ1) is 12.5. The molecule has 1 aliphatic rings.